The summed E-state index contributed by atoms with van der Waals surface area (Å²) >= 11 is 0. The van der Waals surface area contributed by atoms with Gasteiger partial charge in [-0.05, 0) is 84.4 Å². The zero-order valence-corrected chi connectivity index (χ0v) is 22.7. The molecule has 1 aromatic rings. The highest BCUT2D eigenvalue weighted by molar-refractivity contribution is 7.89. The van der Waals surface area contributed by atoms with Crippen molar-refractivity contribution in [3.8, 4) is 0 Å². The summed E-state index contributed by atoms with van der Waals surface area (Å²) in [6.45, 7) is 6.51. The molecule has 4 fully saturated rings. The van der Waals surface area contributed by atoms with Gasteiger partial charge in [0.2, 0.25) is 10.0 Å². The Balaban J connectivity index is 1.39. The van der Waals surface area contributed by atoms with Crippen molar-refractivity contribution in [3.63, 3.8) is 0 Å². The lowest BCUT2D eigenvalue weighted by atomic mass is 9.68. The van der Waals surface area contributed by atoms with Crippen LogP contribution in [0.25, 0.3) is 0 Å². The number of hydrogen-bond acceptors (Lipinski definition) is 4. The lowest BCUT2D eigenvalue weighted by molar-refractivity contribution is 0.0228. The van der Waals surface area contributed by atoms with Crippen LogP contribution in [0, 0.1) is 5.92 Å². The average molecular weight is 503 g/mol. The van der Waals surface area contributed by atoms with Gasteiger partial charge in [-0.2, -0.15) is 4.31 Å². The minimum Gasteiger partial charge on any atom is -0.320 e. The summed E-state index contributed by atoms with van der Waals surface area (Å²) < 4.78 is 26.9. The van der Waals surface area contributed by atoms with Gasteiger partial charge in [0, 0.05) is 37.3 Å². The predicted octanol–water partition coefficient (Wildman–Crippen LogP) is 3.72. The Bertz CT molecular complexity index is 1040. The molecule has 5 rings (SSSR count). The molecular formula is C27H42N4O3S. The van der Waals surface area contributed by atoms with Gasteiger partial charge < -0.3 is 9.80 Å². The van der Waals surface area contributed by atoms with E-state index >= 15 is 0 Å². The van der Waals surface area contributed by atoms with E-state index in [1.54, 1.807) is 4.31 Å². The Labute approximate surface area is 211 Å². The van der Waals surface area contributed by atoms with Gasteiger partial charge in [0.25, 0.3) is 0 Å². The fourth-order valence-electron chi connectivity index (χ4n) is 7.00. The van der Waals surface area contributed by atoms with Crippen LogP contribution in [0.1, 0.15) is 64.4 Å². The van der Waals surface area contributed by atoms with Gasteiger partial charge in [0.1, 0.15) is 0 Å². The van der Waals surface area contributed by atoms with Gasteiger partial charge in [-0.15, -0.1) is 0 Å². The van der Waals surface area contributed by atoms with Gasteiger partial charge in [-0.25, -0.2) is 13.2 Å². The smallest absolute Gasteiger partial charge is 0.320 e. The van der Waals surface area contributed by atoms with Crippen molar-refractivity contribution in [2.24, 2.45) is 5.92 Å². The van der Waals surface area contributed by atoms with Gasteiger partial charge in [-0.3, -0.25) is 4.90 Å². The highest BCUT2D eigenvalue weighted by Gasteiger charge is 2.56. The molecule has 2 heterocycles. The predicted molar refractivity (Wildman–Crippen MR) is 139 cm³/mol. The molecule has 1 aromatic carbocycles. The molecule has 2 aliphatic heterocycles. The van der Waals surface area contributed by atoms with E-state index in [-0.39, 0.29) is 22.9 Å². The van der Waals surface area contributed by atoms with E-state index in [2.05, 4.69) is 54.2 Å². The first kappa shape index (κ1) is 25.0. The Kier molecular flexibility index (Phi) is 6.25. The molecule has 8 heteroatoms. The maximum Gasteiger partial charge on any atom is 0.320 e. The Morgan fingerprint density at radius 1 is 1.06 bits per heavy atom. The summed E-state index contributed by atoms with van der Waals surface area (Å²) in [7, 11) is 1.12. The third kappa shape index (κ3) is 4.40. The molecule has 2 amide bonds. The molecule has 35 heavy (non-hydrogen) atoms. The third-order valence-electron chi connectivity index (χ3n) is 9.22. The van der Waals surface area contributed by atoms with E-state index in [4.69, 9.17) is 0 Å². The summed E-state index contributed by atoms with van der Waals surface area (Å²) in [5.41, 5.74) is 0.578. The zero-order chi connectivity index (χ0) is 25.1. The first-order valence-corrected chi connectivity index (χ1v) is 14.9. The van der Waals surface area contributed by atoms with Crippen molar-refractivity contribution in [2.75, 3.05) is 46.0 Å². The van der Waals surface area contributed by atoms with E-state index < -0.39 is 15.6 Å². The van der Waals surface area contributed by atoms with E-state index in [1.165, 1.54) is 18.4 Å². The number of benzene rings is 1. The van der Waals surface area contributed by atoms with Crippen LogP contribution in [0.15, 0.2) is 30.3 Å². The van der Waals surface area contributed by atoms with Crippen LogP contribution in [0.2, 0.25) is 0 Å². The molecule has 0 unspecified atom stereocenters. The second-order valence-corrected chi connectivity index (χ2v) is 14.3. The van der Waals surface area contributed by atoms with Crippen LogP contribution in [0.3, 0.4) is 0 Å². The van der Waals surface area contributed by atoms with Gasteiger partial charge in [-0.1, -0.05) is 30.3 Å². The highest BCUT2D eigenvalue weighted by atomic mass is 32.2. The molecular weight excluding hydrogens is 460 g/mol. The fraction of sp³-hybridized carbons (Fsp3) is 0.741. The van der Waals surface area contributed by atoms with Crippen molar-refractivity contribution in [1.29, 1.82) is 0 Å². The molecule has 1 spiro atoms. The molecule has 0 atom stereocenters. The molecule has 4 aliphatic rings. The van der Waals surface area contributed by atoms with E-state index in [0.717, 1.165) is 32.2 Å². The highest BCUT2D eigenvalue weighted by Crippen LogP contribution is 2.50. The topological polar surface area (TPSA) is 64.2 Å². The molecule has 2 aliphatic carbocycles. The average Bonchev–Trinajstić information content (AvgIpc) is 3.51. The Morgan fingerprint density at radius 2 is 1.71 bits per heavy atom. The summed E-state index contributed by atoms with van der Waals surface area (Å²) in [6.07, 6.45) is 7.05. The summed E-state index contributed by atoms with van der Waals surface area (Å²) in [6, 6.07) is 10.9. The first-order valence-electron chi connectivity index (χ1n) is 13.3. The van der Waals surface area contributed by atoms with Crippen molar-refractivity contribution in [2.45, 2.75) is 75.4 Å². The Hall–Kier alpha value is -1.64. The van der Waals surface area contributed by atoms with Gasteiger partial charge >= 0.3 is 6.03 Å². The number of rotatable bonds is 7. The van der Waals surface area contributed by atoms with Crippen molar-refractivity contribution in [3.05, 3.63) is 35.9 Å². The quantitative estimate of drug-likeness (QED) is 0.570. The maximum atomic E-state index is 13.8. The third-order valence-corrected chi connectivity index (χ3v) is 11.4. The lowest BCUT2D eigenvalue weighted by Gasteiger charge is -2.51. The monoisotopic (exact) mass is 502 g/mol. The normalized spacial score (nSPS) is 31.7. The molecule has 0 aromatic heterocycles. The molecule has 2 saturated carbocycles. The maximum absolute atomic E-state index is 13.8. The van der Waals surface area contributed by atoms with Crippen LogP contribution in [-0.2, 0) is 15.6 Å². The van der Waals surface area contributed by atoms with Crippen LogP contribution < -0.4 is 0 Å². The van der Waals surface area contributed by atoms with Crippen LogP contribution in [-0.4, -0.2) is 90.6 Å². The lowest BCUT2D eigenvalue weighted by Crippen LogP contribution is -2.55. The summed E-state index contributed by atoms with van der Waals surface area (Å²) in [5, 5.41) is 0. The molecule has 0 bridgehead atoms. The number of nitrogens with zero attached hydrogens (tertiary/aromatic N) is 4. The minimum atomic E-state index is -3.24. The molecule has 2 saturated heterocycles. The van der Waals surface area contributed by atoms with Crippen LogP contribution in [0.4, 0.5) is 4.79 Å². The van der Waals surface area contributed by atoms with Crippen molar-refractivity contribution in [1.82, 2.24) is 19.0 Å². The number of urea groups is 1. The number of sulfonamides is 1. The first-order chi connectivity index (χ1) is 16.5. The zero-order valence-electron chi connectivity index (χ0n) is 21.9. The second-order valence-electron chi connectivity index (χ2n) is 12.3. The number of carbonyl (C=O) groups is 1. The second kappa shape index (κ2) is 8.73. The molecule has 7 nitrogen and oxygen atoms in total. The van der Waals surface area contributed by atoms with E-state index in [9.17, 15) is 13.2 Å². The largest absolute Gasteiger partial charge is 0.320 e. The van der Waals surface area contributed by atoms with E-state index in [0.29, 0.717) is 32.0 Å². The molecule has 0 N–H and O–H groups in total. The molecule has 194 valence electrons. The van der Waals surface area contributed by atoms with Gasteiger partial charge in [0.05, 0.1) is 11.3 Å². The van der Waals surface area contributed by atoms with Crippen LogP contribution >= 0.6 is 0 Å². The standard InChI is InChI=1S/C27H42N4O3S/c1-25(2,31-17-8-18-35(31,33)34)20-29-21-26(30(24(29)32)19-22-11-12-22)13-15-27(16-14-26,28(3)4)23-9-6-5-7-10-23/h5-7,9-10,22H,8,11-21H2,1-4H3. The van der Waals surface area contributed by atoms with Crippen LogP contribution in [0.5, 0.6) is 0 Å². The minimum absolute atomic E-state index is 0.0167. The molecule has 0 radical (unpaired) electrons. The fourth-order valence-corrected chi connectivity index (χ4v) is 8.93. The Morgan fingerprint density at radius 3 is 2.26 bits per heavy atom. The van der Waals surface area contributed by atoms with Gasteiger partial charge in [0.15, 0.2) is 0 Å². The SMILES string of the molecule is CN(C)C1(c2ccccc2)CCC2(CC1)CN(CC(C)(C)N1CCCS1(=O)=O)C(=O)N2CC1CC1. The summed E-state index contributed by atoms with van der Waals surface area (Å²) in [4.78, 5) is 20.4. The number of amides is 2. The number of hydrogen-bond donors (Lipinski definition) is 0. The summed E-state index contributed by atoms with van der Waals surface area (Å²) in [5.74, 6) is 0.839. The van der Waals surface area contributed by atoms with Crippen molar-refractivity contribution >= 4 is 16.1 Å². The van der Waals surface area contributed by atoms with Crippen molar-refractivity contribution < 1.29 is 13.2 Å². The van der Waals surface area contributed by atoms with E-state index in [1.807, 2.05) is 18.7 Å². The number of carbonyl (C=O) groups excluding carboxylic acids is 1.